The first kappa shape index (κ1) is 12.8. The summed E-state index contributed by atoms with van der Waals surface area (Å²) in [4.78, 5) is 0. The fourth-order valence-electron chi connectivity index (χ4n) is 1.11. The molecule has 0 aromatic carbocycles. The highest BCUT2D eigenvalue weighted by atomic mass is 16.5. The molecule has 1 unspecified atom stereocenters. The Morgan fingerprint density at radius 3 is 2.15 bits per heavy atom. The molecule has 0 bridgehead atoms. The summed E-state index contributed by atoms with van der Waals surface area (Å²) in [5, 5.41) is 9.55. The summed E-state index contributed by atoms with van der Waals surface area (Å²) in [6.07, 6.45) is -0.0729. The standard InChI is InChI=1S/C9H20O4/c1-7(12-3)5-9(13-4)8(10)6-11-2/h7-10H,5-6H2,1-4H3/t7?,8-,9+/m1/s1. The van der Waals surface area contributed by atoms with Gasteiger partial charge >= 0.3 is 0 Å². The van der Waals surface area contributed by atoms with Crippen molar-refractivity contribution in [2.75, 3.05) is 27.9 Å². The Morgan fingerprint density at radius 2 is 1.77 bits per heavy atom. The van der Waals surface area contributed by atoms with Gasteiger partial charge in [0.15, 0.2) is 0 Å². The molecular weight excluding hydrogens is 172 g/mol. The van der Waals surface area contributed by atoms with E-state index in [0.29, 0.717) is 6.42 Å². The van der Waals surface area contributed by atoms with Gasteiger partial charge in [0, 0.05) is 27.8 Å². The summed E-state index contributed by atoms with van der Waals surface area (Å²) in [7, 11) is 4.77. The lowest BCUT2D eigenvalue weighted by molar-refractivity contribution is -0.0672. The van der Waals surface area contributed by atoms with Crippen molar-refractivity contribution in [3.63, 3.8) is 0 Å². The third kappa shape index (κ3) is 5.21. The predicted octanol–water partition coefficient (Wildman–Crippen LogP) is 0.434. The highest BCUT2D eigenvalue weighted by molar-refractivity contribution is 4.71. The Balaban J connectivity index is 3.86. The first-order chi connectivity index (χ1) is 6.15. The average molecular weight is 192 g/mol. The molecule has 0 aromatic heterocycles. The molecule has 0 fully saturated rings. The number of aliphatic hydroxyl groups is 1. The zero-order valence-electron chi connectivity index (χ0n) is 8.82. The summed E-state index contributed by atoms with van der Waals surface area (Å²) in [6.45, 7) is 2.22. The van der Waals surface area contributed by atoms with Crippen LogP contribution in [0.3, 0.4) is 0 Å². The van der Waals surface area contributed by atoms with Crippen LogP contribution in [0.5, 0.6) is 0 Å². The molecule has 0 radical (unpaired) electrons. The monoisotopic (exact) mass is 192 g/mol. The minimum absolute atomic E-state index is 0.0801. The Kier molecular flexibility index (Phi) is 7.17. The second-order valence-corrected chi connectivity index (χ2v) is 3.08. The molecule has 80 valence electrons. The Bertz CT molecular complexity index is 118. The number of hydrogen-bond acceptors (Lipinski definition) is 4. The number of ether oxygens (including phenoxy) is 3. The second kappa shape index (κ2) is 7.26. The molecule has 0 aromatic rings. The van der Waals surface area contributed by atoms with Gasteiger partial charge in [0.1, 0.15) is 6.10 Å². The van der Waals surface area contributed by atoms with Crippen molar-refractivity contribution >= 4 is 0 Å². The molecule has 0 spiro atoms. The number of rotatable bonds is 7. The molecule has 13 heavy (non-hydrogen) atoms. The van der Waals surface area contributed by atoms with Gasteiger partial charge < -0.3 is 19.3 Å². The smallest absolute Gasteiger partial charge is 0.103 e. The van der Waals surface area contributed by atoms with Crippen molar-refractivity contribution in [1.29, 1.82) is 0 Å². The van der Waals surface area contributed by atoms with Gasteiger partial charge in [-0.15, -0.1) is 0 Å². The van der Waals surface area contributed by atoms with E-state index in [1.165, 1.54) is 0 Å². The van der Waals surface area contributed by atoms with E-state index in [9.17, 15) is 5.11 Å². The molecule has 4 nitrogen and oxygen atoms in total. The summed E-state index contributed by atoms with van der Waals surface area (Å²) in [6, 6.07) is 0. The van der Waals surface area contributed by atoms with Crippen LogP contribution < -0.4 is 0 Å². The van der Waals surface area contributed by atoms with Gasteiger partial charge in [-0.1, -0.05) is 0 Å². The number of methoxy groups -OCH3 is 3. The quantitative estimate of drug-likeness (QED) is 0.635. The van der Waals surface area contributed by atoms with E-state index in [2.05, 4.69) is 0 Å². The Morgan fingerprint density at radius 1 is 1.15 bits per heavy atom. The first-order valence-electron chi connectivity index (χ1n) is 4.38. The van der Waals surface area contributed by atoms with Crippen molar-refractivity contribution in [2.45, 2.75) is 31.7 Å². The lowest BCUT2D eigenvalue weighted by Crippen LogP contribution is -2.34. The second-order valence-electron chi connectivity index (χ2n) is 3.08. The molecule has 0 saturated carbocycles. The minimum Gasteiger partial charge on any atom is -0.388 e. The summed E-state index contributed by atoms with van der Waals surface area (Å²) >= 11 is 0. The van der Waals surface area contributed by atoms with Crippen LogP contribution >= 0.6 is 0 Å². The summed E-state index contributed by atoms with van der Waals surface area (Å²) < 4.78 is 15.0. The van der Waals surface area contributed by atoms with Crippen molar-refractivity contribution in [3.05, 3.63) is 0 Å². The van der Waals surface area contributed by atoms with Crippen molar-refractivity contribution < 1.29 is 19.3 Å². The van der Waals surface area contributed by atoms with Gasteiger partial charge in [0.2, 0.25) is 0 Å². The highest BCUT2D eigenvalue weighted by Gasteiger charge is 2.20. The molecule has 0 rings (SSSR count). The molecule has 0 aliphatic carbocycles. The molecule has 3 atom stereocenters. The van der Waals surface area contributed by atoms with E-state index in [4.69, 9.17) is 14.2 Å². The van der Waals surface area contributed by atoms with Gasteiger partial charge in [-0.25, -0.2) is 0 Å². The first-order valence-corrected chi connectivity index (χ1v) is 4.38. The Labute approximate surface area is 79.8 Å². The maximum absolute atomic E-state index is 9.55. The average Bonchev–Trinajstić information content (AvgIpc) is 2.14. The third-order valence-corrected chi connectivity index (χ3v) is 2.04. The lowest BCUT2D eigenvalue weighted by Gasteiger charge is -2.23. The van der Waals surface area contributed by atoms with Crippen molar-refractivity contribution in [3.8, 4) is 0 Å². The number of hydrogen-bond donors (Lipinski definition) is 1. The van der Waals surface area contributed by atoms with E-state index in [-0.39, 0.29) is 18.8 Å². The normalized spacial score (nSPS) is 18.2. The summed E-state index contributed by atoms with van der Waals surface area (Å²) in [5.74, 6) is 0. The lowest BCUT2D eigenvalue weighted by atomic mass is 10.1. The topological polar surface area (TPSA) is 47.9 Å². The van der Waals surface area contributed by atoms with E-state index < -0.39 is 6.10 Å². The minimum atomic E-state index is -0.590. The predicted molar refractivity (Wildman–Crippen MR) is 49.8 cm³/mol. The molecule has 0 saturated heterocycles. The fourth-order valence-corrected chi connectivity index (χ4v) is 1.11. The molecule has 0 heterocycles. The van der Waals surface area contributed by atoms with Crippen LogP contribution in [0.25, 0.3) is 0 Å². The summed E-state index contributed by atoms with van der Waals surface area (Å²) in [5.41, 5.74) is 0. The van der Waals surface area contributed by atoms with E-state index in [1.54, 1.807) is 21.3 Å². The van der Waals surface area contributed by atoms with E-state index in [1.807, 2.05) is 6.92 Å². The zero-order chi connectivity index (χ0) is 10.3. The van der Waals surface area contributed by atoms with Crippen molar-refractivity contribution in [1.82, 2.24) is 0 Å². The largest absolute Gasteiger partial charge is 0.388 e. The van der Waals surface area contributed by atoms with Gasteiger partial charge in [-0.2, -0.15) is 0 Å². The van der Waals surface area contributed by atoms with Crippen LogP contribution in [0.15, 0.2) is 0 Å². The number of aliphatic hydroxyl groups excluding tert-OH is 1. The van der Waals surface area contributed by atoms with Gasteiger partial charge in [-0.05, 0) is 6.92 Å². The van der Waals surface area contributed by atoms with Gasteiger partial charge in [0.25, 0.3) is 0 Å². The molecule has 1 N–H and O–H groups in total. The van der Waals surface area contributed by atoms with Crippen LogP contribution in [-0.4, -0.2) is 51.4 Å². The SMILES string of the molecule is COC[C@@H](O)[C@H](CC(C)OC)OC. The fraction of sp³-hybridized carbons (Fsp3) is 1.00. The van der Waals surface area contributed by atoms with Crippen molar-refractivity contribution in [2.24, 2.45) is 0 Å². The van der Waals surface area contributed by atoms with E-state index >= 15 is 0 Å². The molecule has 4 heteroatoms. The van der Waals surface area contributed by atoms with E-state index in [0.717, 1.165) is 0 Å². The van der Waals surface area contributed by atoms with Crippen LogP contribution in [0.4, 0.5) is 0 Å². The molecule has 0 aliphatic rings. The van der Waals surface area contributed by atoms with Crippen LogP contribution in [0, 0.1) is 0 Å². The molecule has 0 amide bonds. The maximum atomic E-state index is 9.55. The zero-order valence-corrected chi connectivity index (χ0v) is 8.82. The Hall–Kier alpha value is -0.160. The maximum Gasteiger partial charge on any atom is 0.103 e. The molecular formula is C9H20O4. The molecule has 0 aliphatic heterocycles. The van der Waals surface area contributed by atoms with Crippen LogP contribution in [0.1, 0.15) is 13.3 Å². The van der Waals surface area contributed by atoms with Crippen LogP contribution in [-0.2, 0) is 14.2 Å². The highest BCUT2D eigenvalue weighted by Crippen LogP contribution is 2.09. The van der Waals surface area contributed by atoms with Gasteiger partial charge in [-0.3, -0.25) is 0 Å². The van der Waals surface area contributed by atoms with Crippen LogP contribution in [0.2, 0.25) is 0 Å². The van der Waals surface area contributed by atoms with Gasteiger partial charge in [0.05, 0.1) is 18.8 Å². The third-order valence-electron chi connectivity index (χ3n) is 2.04.